The van der Waals surface area contributed by atoms with Crippen molar-refractivity contribution in [2.75, 3.05) is 7.05 Å². The number of benzene rings is 1. The molecule has 0 spiro atoms. The fourth-order valence-corrected chi connectivity index (χ4v) is 1.60. The summed E-state index contributed by atoms with van der Waals surface area (Å²) in [6.07, 6.45) is -1.35. The van der Waals surface area contributed by atoms with Gasteiger partial charge in [-0.1, -0.05) is 30.3 Å². The lowest BCUT2D eigenvalue weighted by molar-refractivity contribution is -0.143. The SMILES string of the molecule is CNC(C(=O)O)(C(=O)c1ccccc1)C(N)N. The number of carbonyl (C=O) groups is 2. The maximum Gasteiger partial charge on any atom is 0.335 e. The van der Waals surface area contributed by atoms with Gasteiger partial charge in [-0.2, -0.15) is 0 Å². The molecule has 0 fully saturated rings. The number of hydrogen-bond donors (Lipinski definition) is 4. The van der Waals surface area contributed by atoms with E-state index in [9.17, 15) is 14.7 Å². The van der Waals surface area contributed by atoms with Gasteiger partial charge in [0, 0.05) is 5.56 Å². The third-order valence-corrected chi connectivity index (χ3v) is 2.63. The Morgan fingerprint density at radius 2 is 1.82 bits per heavy atom. The number of nitrogens with one attached hydrogen (secondary N) is 1. The van der Waals surface area contributed by atoms with Gasteiger partial charge in [0.05, 0.1) is 6.17 Å². The van der Waals surface area contributed by atoms with Crippen LogP contribution in [0.5, 0.6) is 0 Å². The molecular weight excluding hydrogens is 222 g/mol. The molecule has 1 rings (SSSR count). The second kappa shape index (κ2) is 5.05. The molecular formula is C11H15N3O3. The van der Waals surface area contributed by atoms with E-state index in [1.165, 1.54) is 19.2 Å². The molecule has 0 aromatic heterocycles. The van der Waals surface area contributed by atoms with Crippen molar-refractivity contribution in [3.05, 3.63) is 35.9 Å². The van der Waals surface area contributed by atoms with Crippen LogP contribution in [-0.4, -0.2) is 35.6 Å². The molecule has 0 bridgehead atoms. The lowest BCUT2D eigenvalue weighted by Gasteiger charge is -2.30. The van der Waals surface area contributed by atoms with E-state index >= 15 is 0 Å². The predicted molar refractivity (Wildman–Crippen MR) is 62.4 cm³/mol. The molecule has 0 amide bonds. The predicted octanol–water partition coefficient (Wildman–Crippen LogP) is -0.844. The molecule has 0 heterocycles. The van der Waals surface area contributed by atoms with Gasteiger partial charge in [0.25, 0.3) is 0 Å². The summed E-state index contributed by atoms with van der Waals surface area (Å²) in [6.45, 7) is 0. The molecule has 0 aliphatic rings. The number of carboxylic acid groups (broad SMARTS) is 1. The maximum atomic E-state index is 12.2. The highest BCUT2D eigenvalue weighted by Gasteiger charge is 2.49. The molecule has 0 saturated carbocycles. The Kier molecular flexibility index (Phi) is 3.95. The number of ketones is 1. The molecule has 6 nitrogen and oxygen atoms in total. The average Bonchev–Trinajstić information content (AvgIpc) is 2.30. The molecule has 1 aromatic carbocycles. The summed E-state index contributed by atoms with van der Waals surface area (Å²) in [5.74, 6) is -2.06. The van der Waals surface area contributed by atoms with Crippen LogP contribution in [0.4, 0.5) is 0 Å². The zero-order valence-electron chi connectivity index (χ0n) is 9.38. The Balaban J connectivity index is 3.26. The molecule has 0 radical (unpaired) electrons. The van der Waals surface area contributed by atoms with Gasteiger partial charge in [0.2, 0.25) is 5.54 Å². The Morgan fingerprint density at radius 1 is 1.29 bits per heavy atom. The van der Waals surface area contributed by atoms with Crippen LogP contribution in [0.15, 0.2) is 30.3 Å². The maximum absolute atomic E-state index is 12.2. The summed E-state index contributed by atoms with van der Waals surface area (Å²) in [6, 6.07) is 8.02. The minimum Gasteiger partial charge on any atom is -0.479 e. The number of nitrogens with two attached hydrogens (primary N) is 2. The molecule has 1 unspecified atom stereocenters. The highest BCUT2D eigenvalue weighted by molar-refractivity contribution is 6.16. The molecule has 92 valence electrons. The number of aliphatic carboxylic acids is 1. The number of rotatable bonds is 5. The van der Waals surface area contributed by atoms with Crippen molar-refractivity contribution in [1.29, 1.82) is 0 Å². The lowest BCUT2D eigenvalue weighted by atomic mass is 9.87. The van der Waals surface area contributed by atoms with E-state index in [2.05, 4.69) is 5.32 Å². The van der Waals surface area contributed by atoms with Gasteiger partial charge in [-0.3, -0.25) is 10.1 Å². The third kappa shape index (κ3) is 2.19. The molecule has 1 aromatic rings. The van der Waals surface area contributed by atoms with E-state index in [-0.39, 0.29) is 5.56 Å². The Labute approximate surface area is 98.6 Å². The van der Waals surface area contributed by atoms with Crippen molar-refractivity contribution in [3.8, 4) is 0 Å². The lowest BCUT2D eigenvalue weighted by Crippen LogP contribution is -2.70. The van der Waals surface area contributed by atoms with Crippen LogP contribution in [0.3, 0.4) is 0 Å². The molecule has 6 N–H and O–H groups in total. The first kappa shape index (κ1) is 13.3. The van der Waals surface area contributed by atoms with E-state index in [1.807, 2.05) is 0 Å². The van der Waals surface area contributed by atoms with Crippen LogP contribution in [0.1, 0.15) is 10.4 Å². The van der Waals surface area contributed by atoms with Gasteiger partial charge in [0.1, 0.15) is 0 Å². The molecule has 0 aliphatic heterocycles. The fraction of sp³-hybridized carbons (Fsp3) is 0.273. The summed E-state index contributed by atoms with van der Waals surface area (Å²) in [7, 11) is 1.34. The fourth-order valence-electron chi connectivity index (χ4n) is 1.60. The first-order valence-corrected chi connectivity index (χ1v) is 5.00. The van der Waals surface area contributed by atoms with Crippen LogP contribution in [0, 0.1) is 0 Å². The van der Waals surface area contributed by atoms with Crippen molar-refractivity contribution < 1.29 is 14.7 Å². The minimum absolute atomic E-state index is 0.241. The number of Topliss-reactive ketones (excluding diaryl/α,β-unsaturated/α-hetero) is 1. The average molecular weight is 237 g/mol. The molecule has 1 atom stereocenters. The summed E-state index contributed by atoms with van der Waals surface area (Å²) < 4.78 is 0. The first-order chi connectivity index (χ1) is 7.96. The Hall–Kier alpha value is -1.76. The Bertz CT molecular complexity index is 419. The largest absolute Gasteiger partial charge is 0.479 e. The summed E-state index contributed by atoms with van der Waals surface area (Å²) in [5, 5.41) is 11.6. The summed E-state index contributed by atoms with van der Waals surface area (Å²) >= 11 is 0. The van der Waals surface area contributed by atoms with E-state index in [0.717, 1.165) is 0 Å². The minimum atomic E-state index is -2.01. The van der Waals surface area contributed by atoms with E-state index < -0.39 is 23.5 Å². The summed E-state index contributed by atoms with van der Waals surface area (Å²) in [5.41, 5.74) is 9.10. The van der Waals surface area contributed by atoms with Gasteiger partial charge in [-0.05, 0) is 7.05 Å². The van der Waals surface area contributed by atoms with Crippen LogP contribution in [0.2, 0.25) is 0 Å². The molecule has 0 saturated heterocycles. The molecule has 17 heavy (non-hydrogen) atoms. The second-order valence-corrected chi connectivity index (χ2v) is 3.58. The van der Waals surface area contributed by atoms with Crippen LogP contribution >= 0.6 is 0 Å². The van der Waals surface area contributed by atoms with Crippen LogP contribution < -0.4 is 16.8 Å². The number of carbonyl (C=O) groups excluding carboxylic acids is 1. The quantitative estimate of drug-likeness (QED) is 0.301. The summed E-state index contributed by atoms with van der Waals surface area (Å²) in [4.78, 5) is 23.4. The number of carboxylic acids is 1. The normalized spacial score (nSPS) is 14.4. The van der Waals surface area contributed by atoms with Crippen molar-refractivity contribution in [2.24, 2.45) is 11.5 Å². The highest BCUT2D eigenvalue weighted by atomic mass is 16.4. The monoisotopic (exact) mass is 237 g/mol. The van der Waals surface area contributed by atoms with Gasteiger partial charge in [0.15, 0.2) is 5.78 Å². The van der Waals surface area contributed by atoms with Gasteiger partial charge < -0.3 is 16.6 Å². The van der Waals surface area contributed by atoms with E-state index in [0.29, 0.717) is 0 Å². The topological polar surface area (TPSA) is 118 Å². The Morgan fingerprint density at radius 3 is 2.18 bits per heavy atom. The van der Waals surface area contributed by atoms with E-state index in [1.54, 1.807) is 18.2 Å². The smallest absolute Gasteiger partial charge is 0.335 e. The van der Waals surface area contributed by atoms with Crippen molar-refractivity contribution in [2.45, 2.75) is 11.7 Å². The van der Waals surface area contributed by atoms with Gasteiger partial charge >= 0.3 is 5.97 Å². The zero-order chi connectivity index (χ0) is 13.1. The first-order valence-electron chi connectivity index (χ1n) is 5.00. The second-order valence-electron chi connectivity index (χ2n) is 3.58. The highest BCUT2D eigenvalue weighted by Crippen LogP contribution is 2.15. The molecule has 6 heteroatoms. The number of hydrogen-bond acceptors (Lipinski definition) is 5. The van der Waals surface area contributed by atoms with E-state index in [4.69, 9.17) is 11.5 Å². The third-order valence-electron chi connectivity index (χ3n) is 2.63. The standard InChI is InChI=1S/C11H15N3O3/c1-14-11(9(12)13,10(16)17)8(15)7-5-3-2-4-6-7/h2-6,9,14H,12-13H2,1H3,(H,16,17). The van der Waals surface area contributed by atoms with Crippen molar-refractivity contribution in [3.63, 3.8) is 0 Å². The number of likely N-dealkylation sites (N-methyl/N-ethyl adjacent to an activating group) is 1. The van der Waals surface area contributed by atoms with Crippen molar-refractivity contribution in [1.82, 2.24) is 5.32 Å². The van der Waals surface area contributed by atoms with Gasteiger partial charge in [-0.25, -0.2) is 4.79 Å². The van der Waals surface area contributed by atoms with Crippen LogP contribution in [-0.2, 0) is 4.79 Å². The van der Waals surface area contributed by atoms with Crippen LogP contribution in [0.25, 0.3) is 0 Å². The van der Waals surface area contributed by atoms with Crippen molar-refractivity contribution >= 4 is 11.8 Å². The van der Waals surface area contributed by atoms with Gasteiger partial charge in [-0.15, -0.1) is 0 Å². The molecule has 0 aliphatic carbocycles. The zero-order valence-corrected chi connectivity index (χ0v) is 9.38.